The number of methoxy groups -OCH3 is 1. The molecule has 0 radical (unpaired) electrons. The van der Waals surface area contributed by atoms with Gasteiger partial charge < -0.3 is 14.4 Å². The maximum absolute atomic E-state index is 11.6. The minimum atomic E-state index is 0.220. The predicted octanol–water partition coefficient (Wildman–Crippen LogP) is 0.598. The van der Waals surface area contributed by atoms with Crippen LogP contribution in [0.3, 0.4) is 0 Å². The van der Waals surface area contributed by atoms with Crippen LogP contribution >= 0.6 is 0 Å². The third kappa shape index (κ3) is 5.02. The third-order valence-corrected chi connectivity index (χ3v) is 2.94. The lowest BCUT2D eigenvalue weighted by Crippen LogP contribution is -2.37. The van der Waals surface area contributed by atoms with Crippen molar-refractivity contribution >= 4 is 5.91 Å². The molecule has 17 heavy (non-hydrogen) atoms. The molecule has 1 aliphatic heterocycles. The van der Waals surface area contributed by atoms with E-state index in [0.29, 0.717) is 19.8 Å². The molecule has 1 heterocycles. The number of rotatable bonds is 9. The molecule has 1 saturated heterocycles. The first kappa shape index (κ1) is 14.4. The zero-order valence-corrected chi connectivity index (χ0v) is 10.9. The van der Waals surface area contributed by atoms with Gasteiger partial charge in [-0.1, -0.05) is 6.92 Å². The van der Waals surface area contributed by atoms with Gasteiger partial charge in [0.05, 0.1) is 25.9 Å². The van der Waals surface area contributed by atoms with Gasteiger partial charge in [-0.05, 0) is 19.3 Å². The van der Waals surface area contributed by atoms with Crippen LogP contribution < -0.4 is 5.32 Å². The Bertz CT molecular complexity index is 224. The van der Waals surface area contributed by atoms with Crippen LogP contribution in [0.25, 0.3) is 0 Å². The monoisotopic (exact) mass is 244 g/mol. The largest absolute Gasteiger partial charge is 0.382 e. The minimum Gasteiger partial charge on any atom is -0.382 e. The topological polar surface area (TPSA) is 50.8 Å². The van der Waals surface area contributed by atoms with Gasteiger partial charge in [0.1, 0.15) is 0 Å². The molecular formula is C12H24N2O3. The quantitative estimate of drug-likeness (QED) is 0.603. The molecule has 0 aromatic heterocycles. The normalized spacial score (nSPS) is 20.2. The minimum absolute atomic E-state index is 0.220. The van der Waals surface area contributed by atoms with Gasteiger partial charge in [0.25, 0.3) is 0 Å². The zero-order chi connectivity index (χ0) is 12.5. The Morgan fingerprint density at radius 2 is 2.18 bits per heavy atom. The number of hydrogen-bond acceptors (Lipinski definition) is 4. The Morgan fingerprint density at radius 1 is 1.35 bits per heavy atom. The van der Waals surface area contributed by atoms with E-state index in [-0.39, 0.29) is 12.1 Å². The zero-order valence-electron chi connectivity index (χ0n) is 10.9. The average molecular weight is 244 g/mol. The maximum Gasteiger partial charge on any atom is 0.237 e. The van der Waals surface area contributed by atoms with Crippen LogP contribution in [0.4, 0.5) is 0 Å². The highest BCUT2D eigenvalue weighted by atomic mass is 16.5. The molecule has 5 nitrogen and oxygen atoms in total. The van der Waals surface area contributed by atoms with E-state index >= 15 is 0 Å². The summed E-state index contributed by atoms with van der Waals surface area (Å²) < 4.78 is 10.3. The van der Waals surface area contributed by atoms with Crippen molar-refractivity contribution in [2.45, 2.75) is 32.4 Å². The van der Waals surface area contributed by atoms with E-state index in [0.717, 1.165) is 32.4 Å². The number of hydrogen-bond donors (Lipinski definition) is 1. The number of nitrogens with one attached hydrogen (secondary N) is 1. The van der Waals surface area contributed by atoms with Gasteiger partial charge in [0.2, 0.25) is 5.91 Å². The number of carbonyl (C=O) groups is 1. The van der Waals surface area contributed by atoms with Crippen LogP contribution in [0.5, 0.6) is 0 Å². The van der Waals surface area contributed by atoms with Crippen molar-refractivity contribution in [1.29, 1.82) is 0 Å². The Kier molecular flexibility index (Phi) is 7.16. The van der Waals surface area contributed by atoms with Gasteiger partial charge >= 0.3 is 0 Å². The van der Waals surface area contributed by atoms with Crippen LogP contribution in [0.15, 0.2) is 0 Å². The second-order valence-corrected chi connectivity index (χ2v) is 4.20. The molecule has 1 fully saturated rings. The lowest BCUT2D eigenvalue weighted by molar-refractivity contribution is -0.128. The molecule has 1 unspecified atom stereocenters. The van der Waals surface area contributed by atoms with Crippen molar-refractivity contribution in [3.05, 3.63) is 0 Å². The van der Waals surface area contributed by atoms with Crippen molar-refractivity contribution in [1.82, 2.24) is 10.2 Å². The number of carbonyl (C=O) groups excluding carboxylic acids is 1. The first-order valence-electron chi connectivity index (χ1n) is 6.39. The smallest absolute Gasteiger partial charge is 0.237 e. The predicted molar refractivity (Wildman–Crippen MR) is 65.7 cm³/mol. The van der Waals surface area contributed by atoms with Crippen molar-refractivity contribution in [2.24, 2.45) is 0 Å². The molecule has 5 heteroatoms. The van der Waals surface area contributed by atoms with Crippen molar-refractivity contribution in [3.8, 4) is 0 Å². The number of amides is 1. The number of unbranched alkanes of at least 4 members (excludes halogenated alkanes) is 1. The molecule has 0 aromatic carbocycles. The highest BCUT2D eigenvalue weighted by Crippen LogP contribution is 2.09. The lowest BCUT2D eigenvalue weighted by atomic mass is 10.2. The Hall–Kier alpha value is -0.650. The molecule has 1 N–H and O–H groups in total. The van der Waals surface area contributed by atoms with E-state index < -0.39 is 0 Å². The summed E-state index contributed by atoms with van der Waals surface area (Å²) in [5.74, 6) is 0.220. The van der Waals surface area contributed by atoms with Gasteiger partial charge in [-0.25, -0.2) is 0 Å². The van der Waals surface area contributed by atoms with E-state index in [4.69, 9.17) is 9.47 Å². The van der Waals surface area contributed by atoms with Gasteiger partial charge in [-0.15, -0.1) is 0 Å². The van der Waals surface area contributed by atoms with Crippen LogP contribution in [-0.2, 0) is 14.3 Å². The molecule has 1 aliphatic rings. The van der Waals surface area contributed by atoms with Crippen LogP contribution in [-0.4, -0.2) is 57.0 Å². The second-order valence-electron chi connectivity index (χ2n) is 4.20. The SMILES string of the molecule is CCC1NCC(=O)N1CCCCOCCOC. The molecule has 1 amide bonds. The molecule has 1 rings (SSSR count). The molecule has 0 spiro atoms. The van der Waals surface area contributed by atoms with Crippen molar-refractivity contribution < 1.29 is 14.3 Å². The third-order valence-electron chi connectivity index (χ3n) is 2.94. The highest BCUT2D eigenvalue weighted by molar-refractivity contribution is 5.80. The maximum atomic E-state index is 11.6. The summed E-state index contributed by atoms with van der Waals surface area (Å²) in [6.07, 6.45) is 3.19. The lowest BCUT2D eigenvalue weighted by Gasteiger charge is -2.23. The summed E-state index contributed by atoms with van der Waals surface area (Å²) in [5, 5.41) is 3.20. The van der Waals surface area contributed by atoms with Crippen LogP contribution in [0.1, 0.15) is 26.2 Å². The van der Waals surface area contributed by atoms with Crippen molar-refractivity contribution in [2.75, 3.05) is 40.0 Å². The summed E-state index contributed by atoms with van der Waals surface area (Å²) in [6.45, 7) is 5.46. The first-order valence-corrected chi connectivity index (χ1v) is 6.39. The standard InChI is InChI=1S/C12H24N2O3/c1-3-11-13-10-12(15)14(11)6-4-5-7-17-9-8-16-2/h11,13H,3-10H2,1-2H3. The van der Waals surface area contributed by atoms with E-state index in [1.165, 1.54) is 0 Å². The molecule has 100 valence electrons. The summed E-state index contributed by atoms with van der Waals surface area (Å²) in [6, 6.07) is 0. The second kappa shape index (κ2) is 8.44. The van der Waals surface area contributed by atoms with Crippen LogP contribution in [0.2, 0.25) is 0 Å². The summed E-state index contributed by atoms with van der Waals surface area (Å²) in [4.78, 5) is 13.5. The summed E-state index contributed by atoms with van der Waals surface area (Å²) in [5.41, 5.74) is 0. The fourth-order valence-electron chi connectivity index (χ4n) is 1.97. The molecule has 1 atom stereocenters. The molecule has 0 aliphatic carbocycles. The average Bonchev–Trinajstić information content (AvgIpc) is 2.69. The molecular weight excluding hydrogens is 220 g/mol. The molecule has 0 bridgehead atoms. The van der Waals surface area contributed by atoms with Crippen molar-refractivity contribution in [3.63, 3.8) is 0 Å². The van der Waals surface area contributed by atoms with E-state index in [9.17, 15) is 4.79 Å². The fourth-order valence-corrected chi connectivity index (χ4v) is 1.97. The number of nitrogens with zero attached hydrogens (tertiary/aromatic N) is 1. The highest BCUT2D eigenvalue weighted by Gasteiger charge is 2.27. The Morgan fingerprint density at radius 3 is 2.88 bits per heavy atom. The van der Waals surface area contributed by atoms with Crippen LogP contribution in [0, 0.1) is 0 Å². The summed E-state index contributed by atoms with van der Waals surface area (Å²) in [7, 11) is 1.67. The van der Waals surface area contributed by atoms with E-state index in [2.05, 4.69) is 12.2 Å². The first-order chi connectivity index (χ1) is 8.29. The fraction of sp³-hybridized carbons (Fsp3) is 0.917. The van der Waals surface area contributed by atoms with Gasteiger partial charge in [0, 0.05) is 20.3 Å². The Labute approximate surface area is 103 Å². The van der Waals surface area contributed by atoms with E-state index in [1.807, 2.05) is 4.90 Å². The van der Waals surface area contributed by atoms with E-state index in [1.54, 1.807) is 7.11 Å². The molecule has 0 aromatic rings. The van der Waals surface area contributed by atoms with Gasteiger partial charge in [0.15, 0.2) is 0 Å². The number of ether oxygens (including phenoxy) is 2. The Balaban J connectivity index is 2.03. The summed E-state index contributed by atoms with van der Waals surface area (Å²) >= 11 is 0. The molecule has 0 saturated carbocycles. The van der Waals surface area contributed by atoms with Gasteiger partial charge in [-0.3, -0.25) is 10.1 Å². The van der Waals surface area contributed by atoms with Gasteiger partial charge in [-0.2, -0.15) is 0 Å².